The Morgan fingerprint density at radius 2 is 2.37 bits per heavy atom. The van der Waals surface area contributed by atoms with Crippen LogP contribution in [-0.2, 0) is 11.3 Å². The first-order chi connectivity index (χ1) is 9.10. The molecule has 0 fully saturated rings. The van der Waals surface area contributed by atoms with Crippen molar-refractivity contribution < 1.29 is 9.90 Å². The standard InChI is InChI=1S/C10H6BrN5O2S/c11-7-2-1-6(4-12)8(3-7)19-10-13-14-15-16(10)5-9(17)18/h1-3H,5H2,(H,17,18). The number of hydrogen-bond donors (Lipinski definition) is 1. The number of halogens is 1. The van der Waals surface area contributed by atoms with E-state index in [1.54, 1.807) is 18.2 Å². The second-order valence-electron chi connectivity index (χ2n) is 3.37. The van der Waals surface area contributed by atoms with E-state index in [1.165, 1.54) is 0 Å². The molecule has 0 aliphatic carbocycles. The zero-order valence-corrected chi connectivity index (χ0v) is 11.7. The molecular formula is C10H6BrN5O2S. The van der Waals surface area contributed by atoms with Crippen molar-refractivity contribution in [2.24, 2.45) is 0 Å². The van der Waals surface area contributed by atoms with Crippen molar-refractivity contribution in [3.05, 3.63) is 28.2 Å². The van der Waals surface area contributed by atoms with Crippen LogP contribution in [0.5, 0.6) is 0 Å². The molecule has 2 rings (SSSR count). The summed E-state index contributed by atoms with van der Waals surface area (Å²) in [6.07, 6.45) is 0. The van der Waals surface area contributed by atoms with Gasteiger partial charge in [-0.05, 0) is 40.4 Å². The number of nitrogens with zero attached hydrogens (tertiary/aromatic N) is 5. The lowest BCUT2D eigenvalue weighted by Gasteiger charge is -2.04. The van der Waals surface area contributed by atoms with Crippen LogP contribution in [0.2, 0.25) is 0 Å². The van der Waals surface area contributed by atoms with Crippen molar-refractivity contribution in [1.29, 1.82) is 5.26 Å². The van der Waals surface area contributed by atoms with Crippen LogP contribution in [0.1, 0.15) is 5.56 Å². The maximum Gasteiger partial charge on any atom is 0.325 e. The molecule has 9 heteroatoms. The van der Waals surface area contributed by atoms with Crippen molar-refractivity contribution in [3.63, 3.8) is 0 Å². The Bertz CT molecular complexity index is 666. The molecule has 0 amide bonds. The fourth-order valence-electron chi connectivity index (χ4n) is 1.27. The average molecular weight is 340 g/mol. The minimum Gasteiger partial charge on any atom is -0.480 e. The Morgan fingerprint density at radius 3 is 3.05 bits per heavy atom. The van der Waals surface area contributed by atoms with Gasteiger partial charge in [-0.3, -0.25) is 4.79 Å². The van der Waals surface area contributed by atoms with Crippen LogP contribution < -0.4 is 0 Å². The summed E-state index contributed by atoms with van der Waals surface area (Å²) >= 11 is 4.45. The Labute approximate surface area is 120 Å². The van der Waals surface area contributed by atoms with Crippen LogP contribution in [0, 0.1) is 11.3 Å². The zero-order chi connectivity index (χ0) is 13.8. The first-order valence-corrected chi connectivity index (χ1v) is 6.56. The van der Waals surface area contributed by atoms with Gasteiger partial charge in [-0.1, -0.05) is 15.9 Å². The highest BCUT2D eigenvalue weighted by molar-refractivity contribution is 9.10. The van der Waals surface area contributed by atoms with Gasteiger partial charge in [-0.25, -0.2) is 4.68 Å². The molecule has 2 aromatic rings. The monoisotopic (exact) mass is 339 g/mol. The van der Waals surface area contributed by atoms with Crippen LogP contribution in [0.4, 0.5) is 0 Å². The van der Waals surface area contributed by atoms with Gasteiger partial charge in [-0.15, -0.1) is 5.10 Å². The van der Waals surface area contributed by atoms with E-state index in [0.717, 1.165) is 20.9 Å². The molecule has 96 valence electrons. The number of aliphatic carboxylic acids is 1. The van der Waals surface area contributed by atoms with E-state index in [0.29, 0.717) is 15.6 Å². The quantitative estimate of drug-likeness (QED) is 0.900. The van der Waals surface area contributed by atoms with E-state index in [9.17, 15) is 4.79 Å². The van der Waals surface area contributed by atoms with Crippen LogP contribution in [0.3, 0.4) is 0 Å². The SMILES string of the molecule is N#Cc1ccc(Br)cc1Sc1nnnn1CC(=O)O. The van der Waals surface area contributed by atoms with Gasteiger partial charge in [0.1, 0.15) is 12.6 Å². The lowest BCUT2D eigenvalue weighted by atomic mass is 10.2. The van der Waals surface area contributed by atoms with Crippen molar-refractivity contribution in [3.8, 4) is 6.07 Å². The summed E-state index contributed by atoms with van der Waals surface area (Å²) in [6, 6.07) is 7.23. The highest BCUT2D eigenvalue weighted by Gasteiger charge is 2.13. The van der Waals surface area contributed by atoms with Gasteiger partial charge in [0, 0.05) is 9.37 Å². The van der Waals surface area contributed by atoms with E-state index < -0.39 is 5.97 Å². The Hall–Kier alpha value is -1.92. The summed E-state index contributed by atoms with van der Waals surface area (Å²) in [4.78, 5) is 11.3. The van der Waals surface area contributed by atoms with E-state index in [1.807, 2.05) is 0 Å². The molecule has 0 radical (unpaired) electrons. The molecular weight excluding hydrogens is 334 g/mol. The number of hydrogen-bond acceptors (Lipinski definition) is 6. The van der Waals surface area contributed by atoms with Crippen LogP contribution in [0.25, 0.3) is 0 Å². The molecule has 19 heavy (non-hydrogen) atoms. The molecule has 1 aromatic heterocycles. The van der Waals surface area contributed by atoms with Gasteiger partial charge in [0.2, 0.25) is 5.16 Å². The summed E-state index contributed by atoms with van der Waals surface area (Å²) < 4.78 is 1.97. The largest absolute Gasteiger partial charge is 0.480 e. The molecule has 7 nitrogen and oxygen atoms in total. The Morgan fingerprint density at radius 1 is 1.58 bits per heavy atom. The maximum absolute atomic E-state index is 10.7. The number of tetrazole rings is 1. The number of carboxylic acids is 1. The van der Waals surface area contributed by atoms with Gasteiger partial charge >= 0.3 is 5.97 Å². The van der Waals surface area contributed by atoms with Crippen LogP contribution >= 0.6 is 27.7 Å². The Kier molecular flexibility index (Phi) is 4.13. The van der Waals surface area contributed by atoms with Crippen molar-refractivity contribution in [1.82, 2.24) is 20.2 Å². The second kappa shape index (κ2) is 5.81. The van der Waals surface area contributed by atoms with Gasteiger partial charge in [-0.2, -0.15) is 5.26 Å². The third-order valence-electron chi connectivity index (χ3n) is 2.05. The Balaban J connectivity index is 2.31. The smallest absolute Gasteiger partial charge is 0.325 e. The molecule has 0 atom stereocenters. The molecule has 0 spiro atoms. The number of rotatable bonds is 4. The fraction of sp³-hybridized carbons (Fsp3) is 0.100. The number of nitriles is 1. The summed E-state index contributed by atoms with van der Waals surface area (Å²) in [6.45, 7) is -0.328. The summed E-state index contributed by atoms with van der Waals surface area (Å²) in [7, 11) is 0. The van der Waals surface area contributed by atoms with Gasteiger partial charge in [0.15, 0.2) is 0 Å². The van der Waals surface area contributed by atoms with E-state index >= 15 is 0 Å². The summed E-state index contributed by atoms with van der Waals surface area (Å²) in [5, 5.41) is 28.8. The highest BCUT2D eigenvalue weighted by atomic mass is 79.9. The second-order valence-corrected chi connectivity index (χ2v) is 5.29. The fourth-order valence-corrected chi connectivity index (χ4v) is 2.67. The van der Waals surface area contributed by atoms with Crippen molar-refractivity contribution in [2.75, 3.05) is 0 Å². The van der Waals surface area contributed by atoms with E-state index in [2.05, 4.69) is 37.5 Å². The highest BCUT2D eigenvalue weighted by Crippen LogP contribution is 2.30. The lowest BCUT2D eigenvalue weighted by Crippen LogP contribution is -2.11. The van der Waals surface area contributed by atoms with Gasteiger partial charge < -0.3 is 5.11 Å². The van der Waals surface area contributed by atoms with Gasteiger partial charge in [0.05, 0.1) is 5.56 Å². The van der Waals surface area contributed by atoms with Crippen molar-refractivity contribution in [2.45, 2.75) is 16.6 Å². The molecule has 1 aromatic carbocycles. The molecule has 1 N–H and O–H groups in total. The molecule has 1 heterocycles. The number of benzene rings is 1. The average Bonchev–Trinajstić information content (AvgIpc) is 2.76. The maximum atomic E-state index is 10.7. The van der Waals surface area contributed by atoms with Gasteiger partial charge in [0.25, 0.3) is 0 Å². The molecule has 0 saturated heterocycles. The predicted octanol–water partition coefficient (Wildman–Crippen LogP) is 1.54. The zero-order valence-electron chi connectivity index (χ0n) is 9.32. The molecule has 0 aliphatic rings. The van der Waals surface area contributed by atoms with Crippen LogP contribution in [0.15, 0.2) is 32.7 Å². The predicted molar refractivity (Wildman–Crippen MR) is 68.4 cm³/mol. The lowest BCUT2D eigenvalue weighted by molar-refractivity contribution is -0.138. The first-order valence-electron chi connectivity index (χ1n) is 4.95. The molecule has 0 saturated carbocycles. The molecule has 0 bridgehead atoms. The normalized spacial score (nSPS) is 10.1. The first kappa shape index (κ1) is 13.5. The topological polar surface area (TPSA) is 105 Å². The van der Waals surface area contributed by atoms with Crippen LogP contribution in [-0.4, -0.2) is 31.3 Å². The number of aromatic nitrogens is 4. The minimum absolute atomic E-state index is 0.317. The van der Waals surface area contributed by atoms with Crippen molar-refractivity contribution >= 4 is 33.7 Å². The third kappa shape index (κ3) is 3.30. The third-order valence-corrected chi connectivity index (χ3v) is 3.58. The number of carboxylic acid groups (broad SMARTS) is 1. The van der Waals surface area contributed by atoms with E-state index in [-0.39, 0.29) is 6.54 Å². The molecule has 0 aliphatic heterocycles. The summed E-state index contributed by atoms with van der Waals surface area (Å²) in [5.41, 5.74) is 0.470. The molecule has 0 unspecified atom stereocenters. The number of carbonyl (C=O) groups is 1. The summed E-state index contributed by atoms with van der Waals surface area (Å²) in [5.74, 6) is -1.04. The van der Waals surface area contributed by atoms with E-state index in [4.69, 9.17) is 10.4 Å². The minimum atomic E-state index is -1.04.